The van der Waals surface area contributed by atoms with Crippen molar-refractivity contribution in [3.63, 3.8) is 0 Å². The number of ether oxygens (including phenoxy) is 2. The number of H-pyrrole nitrogens is 1. The minimum Gasteiger partial charge on any atom is -0.486 e. The van der Waals surface area contributed by atoms with Gasteiger partial charge in [0, 0.05) is 34.8 Å². The van der Waals surface area contributed by atoms with Gasteiger partial charge < -0.3 is 19.8 Å². The minimum atomic E-state index is -0.0890. The Hall–Kier alpha value is -3.33. The third kappa shape index (κ3) is 3.68. The van der Waals surface area contributed by atoms with E-state index in [2.05, 4.69) is 25.5 Å². The maximum absolute atomic E-state index is 12.2. The Labute approximate surface area is 170 Å². The lowest BCUT2D eigenvalue weighted by molar-refractivity contribution is -0.115. The molecule has 0 unspecified atom stereocenters. The Morgan fingerprint density at radius 3 is 2.90 bits per heavy atom. The predicted molar refractivity (Wildman–Crippen MR) is 111 cm³/mol. The predicted octanol–water partition coefficient (Wildman–Crippen LogP) is 3.40. The van der Waals surface area contributed by atoms with Crippen LogP contribution in [0.15, 0.2) is 47.6 Å². The number of carbonyl (C=O) groups is 1. The van der Waals surface area contributed by atoms with Gasteiger partial charge in [-0.15, -0.1) is 10.2 Å². The molecule has 4 aromatic rings. The maximum atomic E-state index is 12.2. The number of thioether (sulfide) groups is 1. The van der Waals surface area contributed by atoms with E-state index in [1.54, 1.807) is 18.2 Å². The van der Waals surface area contributed by atoms with Crippen LogP contribution >= 0.6 is 11.8 Å². The van der Waals surface area contributed by atoms with Gasteiger partial charge in [-0.3, -0.25) is 4.79 Å². The molecule has 0 atom stereocenters. The number of hydrogen-bond acceptors (Lipinski definition) is 7. The molecule has 0 radical (unpaired) electrons. The van der Waals surface area contributed by atoms with Crippen LogP contribution in [-0.4, -0.2) is 45.0 Å². The van der Waals surface area contributed by atoms with Crippen molar-refractivity contribution < 1.29 is 14.3 Å². The number of benzene rings is 2. The Kier molecular flexibility index (Phi) is 4.65. The molecule has 9 heteroatoms. The fraction of sp³-hybridized carbons (Fsp3) is 0.200. The SMILES string of the molecule is O=C(CCSc1nnc2c(n1)[nH]c1ccccc12)Nc1ccc2c(c1)OCCO2. The van der Waals surface area contributed by atoms with Crippen LogP contribution in [0.2, 0.25) is 0 Å². The van der Waals surface area contributed by atoms with Gasteiger partial charge in [0.1, 0.15) is 18.7 Å². The Morgan fingerprint density at radius 2 is 1.97 bits per heavy atom. The molecule has 8 nitrogen and oxygen atoms in total. The first-order valence-corrected chi connectivity index (χ1v) is 10.2. The molecule has 5 rings (SSSR count). The molecule has 1 aliphatic heterocycles. The molecule has 0 aliphatic carbocycles. The smallest absolute Gasteiger partial charge is 0.225 e. The van der Waals surface area contributed by atoms with Crippen molar-refractivity contribution in [1.82, 2.24) is 20.2 Å². The number of aromatic amines is 1. The zero-order chi connectivity index (χ0) is 19.6. The van der Waals surface area contributed by atoms with Gasteiger partial charge in [-0.05, 0) is 18.2 Å². The molecule has 3 heterocycles. The molecule has 0 spiro atoms. The highest BCUT2D eigenvalue weighted by atomic mass is 32.2. The lowest BCUT2D eigenvalue weighted by atomic mass is 10.2. The molecule has 2 N–H and O–H groups in total. The summed E-state index contributed by atoms with van der Waals surface area (Å²) < 4.78 is 11.0. The van der Waals surface area contributed by atoms with E-state index in [1.807, 2.05) is 24.3 Å². The van der Waals surface area contributed by atoms with Crippen LogP contribution in [0.5, 0.6) is 11.5 Å². The fourth-order valence-corrected chi connectivity index (χ4v) is 3.87. The van der Waals surface area contributed by atoms with Gasteiger partial charge in [-0.25, -0.2) is 4.98 Å². The molecule has 29 heavy (non-hydrogen) atoms. The average molecular weight is 407 g/mol. The van der Waals surface area contributed by atoms with E-state index in [4.69, 9.17) is 9.47 Å². The summed E-state index contributed by atoms with van der Waals surface area (Å²) in [5.41, 5.74) is 3.11. The monoisotopic (exact) mass is 407 g/mol. The summed E-state index contributed by atoms with van der Waals surface area (Å²) in [5, 5.41) is 12.9. The summed E-state index contributed by atoms with van der Waals surface area (Å²) >= 11 is 1.40. The largest absolute Gasteiger partial charge is 0.486 e. The molecule has 2 aromatic heterocycles. The van der Waals surface area contributed by atoms with Crippen LogP contribution < -0.4 is 14.8 Å². The normalized spacial score (nSPS) is 13.0. The fourth-order valence-electron chi connectivity index (χ4n) is 3.15. The van der Waals surface area contributed by atoms with Crippen LogP contribution in [0.4, 0.5) is 5.69 Å². The van der Waals surface area contributed by atoms with Gasteiger partial charge >= 0.3 is 0 Å². The van der Waals surface area contributed by atoms with Gasteiger partial charge in [-0.2, -0.15) is 0 Å². The number of para-hydroxylation sites is 1. The van der Waals surface area contributed by atoms with E-state index >= 15 is 0 Å². The topological polar surface area (TPSA) is 102 Å². The Morgan fingerprint density at radius 1 is 1.10 bits per heavy atom. The van der Waals surface area contributed by atoms with Gasteiger partial charge in [0.2, 0.25) is 11.1 Å². The summed E-state index contributed by atoms with van der Waals surface area (Å²) in [6.45, 7) is 1.05. The van der Waals surface area contributed by atoms with Crippen molar-refractivity contribution in [1.29, 1.82) is 0 Å². The van der Waals surface area contributed by atoms with Crippen molar-refractivity contribution in [2.24, 2.45) is 0 Å². The lowest BCUT2D eigenvalue weighted by Crippen LogP contribution is -2.16. The van der Waals surface area contributed by atoms with E-state index < -0.39 is 0 Å². The summed E-state index contributed by atoms with van der Waals surface area (Å²) in [7, 11) is 0. The molecule has 0 saturated heterocycles. The number of amides is 1. The first-order chi connectivity index (χ1) is 14.3. The van der Waals surface area contributed by atoms with Gasteiger partial charge in [0.25, 0.3) is 0 Å². The highest BCUT2D eigenvalue weighted by Gasteiger charge is 2.13. The van der Waals surface area contributed by atoms with Gasteiger partial charge in [-0.1, -0.05) is 30.0 Å². The third-order valence-corrected chi connectivity index (χ3v) is 5.33. The number of hydrogen-bond donors (Lipinski definition) is 2. The molecule has 0 fully saturated rings. The summed E-state index contributed by atoms with van der Waals surface area (Å²) in [6, 6.07) is 13.3. The van der Waals surface area contributed by atoms with Crippen LogP contribution in [0.3, 0.4) is 0 Å². The van der Waals surface area contributed by atoms with E-state index in [0.29, 0.717) is 53.4 Å². The van der Waals surface area contributed by atoms with E-state index in [1.165, 1.54) is 11.8 Å². The van der Waals surface area contributed by atoms with Crippen LogP contribution in [-0.2, 0) is 4.79 Å². The van der Waals surface area contributed by atoms with Gasteiger partial charge in [0.05, 0.1) is 0 Å². The second kappa shape index (κ2) is 7.59. The number of aromatic nitrogens is 4. The first kappa shape index (κ1) is 17.7. The number of carbonyl (C=O) groups excluding carboxylic acids is 1. The van der Waals surface area contributed by atoms with Crippen molar-refractivity contribution >= 4 is 45.4 Å². The van der Waals surface area contributed by atoms with Crippen molar-refractivity contribution in [3.05, 3.63) is 42.5 Å². The second-order valence-corrected chi connectivity index (χ2v) is 7.53. The highest BCUT2D eigenvalue weighted by Crippen LogP contribution is 2.32. The molecule has 2 aromatic carbocycles. The quantitative estimate of drug-likeness (QED) is 0.489. The van der Waals surface area contributed by atoms with Crippen molar-refractivity contribution in [3.8, 4) is 11.5 Å². The average Bonchev–Trinajstić information content (AvgIpc) is 3.11. The standard InChI is InChI=1S/C20H17N5O3S/c26-17(21-12-5-6-15-16(11-12)28-9-8-27-15)7-10-29-20-23-19-18(24-25-20)13-3-1-2-4-14(13)22-19/h1-6,11H,7-10H2,(H,21,26)(H,22,23,25). The number of fused-ring (bicyclic) bond motifs is 4. The Balaban J connectivity index is 1.19. The van der Waals surface area contributed by atoms with Crippen molar-refractivity contribution in [2.45, 2.75) is 11.6 Å². The number of nitrogens with one attached hydrogen (secondary N) is 2. The molecule has 1 amide bonds. The molecule has 146 valence electrons. The molecular formula is C20H17N5O3S. The van der Waals surface area contributed by atoms with E-state index in [9.17, 15) is 4.79 Å². The summed E-state index contributed by atoms with van der Waals surface area (Å²) in [4.78, 5) is 20.0. The molecule has 0 bridgehead atoms. The summed E-state index contributed by atoms with van der Waals surface area (Å²) in [6.07, 6.45) is 0.327. The summed E-state index contributed by atoms with van der Waals surface area (Å²) in [5.74, 6) is 1.80. The zero-order valence-electron chi connectivity index (χ0n) is 15.3. The minimum absolute atomic E-state index is 0.0890. The molecule has 0 saturated carbocycles. The first-order valence-electron chi connectivity index (χ1n) is 9.20. The second-order valence-electron chi connectivity index (χ2n) is 6.47. The maximum Gasteiger partial charge on any atom is 0.225 e. The molecular weight excluding hydrogens is 390 g/mol. The van der Waals surface area contributed by atoms with E-state index in [0.717, 1.165) is 16.4 Å². The van der Waals surface area contributed by atoms with Crippen LogP contribution in [0.1, 0.15) is 6.42 Å². The number of nitrogens with zero attached hydrogens (tertiary/aromatic N) is 3. The Bertz CT molecular complexity index is 1210. The number of anilines is 1. The number of rotatable bonds is 5. The molecule has 1 aliphatic rings. The highest BCUT2D eigenvalue weighted by molar-refractivity contribution is 7.99. The lowest BCUT2D eigenvalue weighted by Gasteiger charge is -2.19. The van der Waals surface area contributed by atoms with E-state index in [-0.39, 0.29) is 5.91 Å². The van der Waals surface area contributed by atoms with Crippen LogP contribution in [0, 0.1) is 0 Å². The van der Waals surface area contributed by atoms with Crippen LogP contribution in [0.25, 0.3) is 22.1 Å². The zero-order valence-corrected chi connectivity index (χ0v) is 16.2. The van der Waals surface area contributed by atoms with Crippen molar-refractivity contribution in [2.75, 3.05) is 24.3 Å². The third-order valence-electron chi connectivity index (χ3n) is 4.49. The van der Waals surface area contributed by atoms with Gasteiger partial charge in [0.15, 0.2) is 17.1 Å².